The smallest absolute Gasteiger partial charge is 0.335 e. The van der Waals surface area contributed by atoms with Gasteiger partial charge in [0.05, 0.1) is 10.5 Å². The molecule has 0 aliphatic heterocycles. The van der Waals surface area contributed by atoms with Crippen molar-refractivity contribution in [2.24, 2.45) is 0 Å². The Hall–Kier alpha value is -2.67. The maximum absolute atomic E-state index is 13.5. The van der Waals surface area contributed by atoms with Gasteiger partial charge in [-0.25, -0.2) is 13.2 Å². The molecule has 0 aliphatic carbocycles. The van der Waals surface area contributed by atoms with Crippen molar-refractivity contribution < 1.29 is 18.3 Å². The van der Waals surface area contributed by atoms with Crippen molar-refractivity contribution in [3.05, 3.63) is 100 Å². The molecule has 0 amide bonds. The van der Waals surface area contributed by atoms with Gasteiger partial charge in [0.2, 0.25) is 10.0 Å². The third-order valence-electron chi connectivity index (χ3n) is 5.05. The van der Waals surface area contributed by atoms with Gasteiger partial charge in [-0.3, -0.25) is 0 Å². The maximum atomic E-state index is 13.5. The highest BCUT2D eigenvalue weighted by Gasteiger charge is 2.30. The Morgan fingerprint density at radius 1 is 1.03 bits per heavy atom. The van der Waals surface area contributed by atoms with E-state index in [-0.39, 0.29) is 17.0 Å². The van der Waals surface area contributed by atoms with Crippen LogP contribution in [-0.4, -0.2) is 23.8 Å². The molecule has 0 bridgehead atoms. The quantitative estimate of drug-likeness (QED) is 0.537. The summed E-state index contributed by atoms with van der Waals surface area (Å²) in [5.74, 6) is -1.02. The zero-order chi connectivity index (χ0) is 21.9. The summed E-state index contributed by atoms with van der Waals surface area (Å²) >= 11 is 5.99. The molecule has 0 aliphatic rings. The van der Waals surface area contributed by atoms with Crippen LogP contribution in [0.4, 0.5) is 0 Å². The molecule has 3 rings (SSSR count). The third kappa shape index (κ3) is 4.73. The van der Waals surface area contributed by atoms with Gasteiger partial charge in [-0.2, -0.15) is 4.31 Å². The molecule has 3 aromatic carbocycles. The monoisotopic (exact) mass is 443 g/mol. The number of hydrogen-bond acceptors (Lipinski definition) is 3. The molecule has 3 aromatic rings. The Morgan fingerprint density at radius 3 is 2.23 bits per heavy atom. The molecule has 0 aromatic heterocycles. The number of aryl methyl sites for hydroxylation is 1. The Kier molecular flexibility index (Phi) is 6.61. The summed E-state index contributed by atoms with van der Waals surface area (Å²) in [6.45, 7) is 3.71. The van der Waals surface area contributed by atoms with Crippen LogP contribution in [0.25, 0.3) is 0 Å². The van der Waals surface area contributed by atoms with Crippen LogP contribution in [-0.2, 0) is 16.6 Å². The third-order valence-corrected chi connectivity index (χ3v) is 7.23. The fraction of sp³-hybridized carbons (Fsp3) is 0.174. The number of carboxylic acid groups (broad SMARTS) is 1. The molecule has 1 N–H and O–H groups in total. The molecule has 0 heterocycles. The summed E-state index contributed by atoms with van der Waals surface area (Å²) in [7, 11) is -3.82. The Labute approximate surface area is 181 Å². The molecule has 0 saturated carbocycles. The zero-order valence-corrected chi connectivity index (χ0v) is 18.2. The first kappa shape index (κ1) is 22.0. The van der Waals surface area contributed by atoms with Gasteiger partial charge in [-0.1, -0.05) is 48.0 Å². The van der Waals surface area contributed by atoms with Crippen molar-refractivity contribution >= 4 is 27.6 Å². The summed E-state index contributed by atoms with van der Waals surface area (Å²) in [4.78, 5) is 11.4. The van der Waals surface area contributed by atoms with Crippen molar-refractivity contribution in [3.8, 4) is 0 Å². The summed E-state index contributed by atoms with van der Waals surface area (Å²) in [6.07, 6.45) is 0. The SMILES string of the molecule is Cc1cc(C(=O)O)ccc1CN(C(C)c1ccc(Cl)cc1)S(=O)(=O)c1ccccc1. The standard InChI is InChI=1S/C23H22ClNO4S/c1-16-14-19(23(26)27)8-9-20(16)15-25(17(2)18-10-12-21(24)13-11-18)30(28,29)22-6-4-3-5-7-22/h3-14,17H,15H2,1-2H3,(H,26,27). The fourth-order valence-electron chi connectivity index (χ4n) is 3.24. The Balaban J connectivity index is 2.06. The van der Waals surface area contributed by atoms with E-state index >= 15 is 0 Å². The maximum Gasteiger partial charge on any atom is 0.335 e. The number of sulfonamides is 1. The van der Waals surface area contributed by atoms with Gasteiger partial charge in [-0.05, 0) is 66.9 Å². The van der Waals surface area contributed by atoms with Gasteiger partial charge >= 0.3 is 5.97 Å². The number of halogens is 1. The molecule has 0 fully saturated rings. The van der Waals surface area contributed by atoms with Crippen LogP contribution in [0.5, 0.6) is 0 Å². The first-order chi connectivity index (χ1) is 14.2. The van der Waals surface area contributed by atoms with Gasteiger partial charge in [0.15, 0.2) is 0 Å². The second kappa shape index (κ2) is 9.00. The van der Waals surface area contributed by atoms with Crippen molar-refractivity contribution in [2.75, 3.05) is 0 Å². The molecule has 7 heteroatoms. The van der Waals surface area contributed by atoms with Gasteiger partial charge in [-0.15, -0.1) is 0 Å². The van der Waals surface area contributed by atoms with Crippen LogP contribution in [0.3, 0.4) is 0 Å². The van der Waals surface area contributed by atoms with E-state index < -0.39 is 22.0 Å². The topological polar surface area (TPSA) is 74.7 Å². The second-order valence-electron chi connectivity index (χ2n) is 7.04. The molecule has 156 valence electrons. The van der Waals surface area contributed by atoms with Crippen LogP contribution >= 0.6 is 11.6 Å². The Bertz CT molecular complexity index is 1150. The summed E-state index contributed by atoms with van der Waals surface area (Å²) < 4.78 is 28.4. The van der Waals surface area contributed by atoms with Gasteiger partial charge < -0.3 is 5.11 Å². The first-order valence-corrected chi connectivity index (χ1v) is 11.2. The fourth-order valence-corrected chi connectivity index (χ4v) is 4.98. The molecule has 30 heavy (non-hydrogen) atoms. The predicted molar refractivity (Wildman–Crippen MR) is 117 cm³/mol. The zero-order valence-electron chi connectivity index (χ0n) is 16.6. The lowest BCUT2D eigenvalue weighted by Crippen LogP contribution is -2.33. The van der Waals surface area contributed by atoms with Crippen LogP contribution in [0, 0.1) is 6.92 Å². The van der Waals surface area contributed by atoms with Crippen molar-refractivity contribution in [1.82, 2.24) is 4.31 Å². The minimum absolute atomic E-state index is 0.104. The van der Waals surface area contributed by atoms with Crippen LogP contribution in [0.15, 0.2) is 77.7 Å². The molecule has 1 unspecified atom stereocenters. The van der Waals surface area contributed by atoms with E-state index in [0.717, 1.165) is 11.1 Å². The van der Waals surface area contributed by atoms with E-state index in [2.05, 4.69) is 0 Å². The van der Waals surface area contributed by atoms with E-state index in [0.29, 0.717) is 10.6 Å². The number of aromatic carboxylic acids is 1. The van der Waals surface area contributed by atoms with Crippen LogP contribution in [0.1, 0.15) is 40.0 Å². The first-order valence-electron chi connectivity index (χ1n) is 9.35. The molecular weight excluding hydrogens is 422 g/mol. The summed E-state index contributed by atoms with van der Waals surface area (Å²) in [5.41, 5.74) is 2.42. The van der Waals surface area contributed by atoms with Crippen molar-refractivity contribution in [2.45, 2.75) is 31.3 Å². The second-order valence-corrected chi connectivity index (χ2v) is 9.36. The molecular formula is C23H22ClNO4S. The van der Waals surface area contributed by atoms with Gasteiger partial charge in [0.25, 0.3) is 0 Å². The van der Waals surface area contributed by atoms with Crippen molar-refractivity contribution in [1.29, 1.82) is 0 Å². The number of carboxylic acids is 1. The van der Waals surface area contributed by atoms with E-state index in [1.54, 1.807) is 73.7 Å². The largest absolute Gasteiger partial charge is 0.478 e. The molecule has 0 radical (unpaired) electrons. The van der Waals surface area contributed by atoms with E-state index in [1.807, 2.05) is 6.92 Å². The highest BCUT2D eigenvalue weighted by Crippen LogP contribution is 2.31. The van der Waals surface area contributed by atoms with E-state index in [9.17, 15) is 18.3 Å². The molecule has 1 atom stereocenters. The lowest BCUT2D eigenvalue weighted by atomic mass is 10.0. The number of nitrogens with zero attached hydrogens (tertiary/aromatic N) is 1. The predicted octanol–water partition coefficient (Wildman–Crippen LogP) is 5.30. The van der Waals surface area contributed by atoms with Crippen LogP contribution < -0.4 is 0 Å². The van der Waals surface area contributed by atoms with Crippen molar-refractivity contribution in [3.63, 3.8) is 0 Å². The Morgan fingerprint density at radius 2 is 1.67 bits per heavy atom. The number of carbonyl (C=O) groups is 1. The number of hydrogen-bond donors (Lipinski definition) is 1. The highest BCUT2D eigenvalue weighted by atomic mass is 35.5. The molecule has 5 nitrogen and oxygen atoms in total. The normalized spacial score (nSPS) is 12.7. The van der Waals surface area contributed by atoms with E-state index in [4.69, 9.17) is 11.6 Å². The number of rotatable bonds is 7. The average Bonchev–Trinajstić information content (AvgIpc) is 2.73. The molecule has 0 spiro atoms. The summed E-state index contributed by atoms with van der Waals surface area (Å²) in [5, 5.41) is 9.77. The lowest BCUT2D eigenvalue weighted by Gasteiger charge is -2.29. The van der Waals surface area contributed by atoms with Crippen LogP contribution in [0.2, 0.25) is 5.02 Å². The average molecular weight is 444 g/mol. The summed E-state index contributed by atoms with van der Waals surface area (Å²) in [6, 6.07) is 19.6. The highest BCUT2D eigenvalue weighted by molar-refractivity contribution is 7.89. The number of benzene rings is 3. The van der Waals surface area contributed by atoms with E-state index in [1.165, 1.54) is 10.4 Å². The molecule has 0 saturated heterocycles. The minimum Gasteiger partial charge on any atom is -0.478 e. The minimum atomic E-state index is -3.82. The van der Waals surface area contributed by atoms with Gasteiger partial charge in [0.1, 0.15) is 0 Å². The lowest BCUT2D eigenvalue weighted by molar-refractivity contribution is 0.0696. The van der Waals surface area contributed by atoms with Gasteiger partial charge in [0, 0.05) is 17.6 Å².